The summed E-state index contributed by atoms with van der Waals surface area (Å²) in [5.41, 5.74) is -2.97. The number of aliphatic carboxylic acids is 1. The maximum absolute atomic E-state index is 14.1. The van der Waals surface area contributed by atoms with Gasteiger partial charge in [0.15, 0.2) is 5.79 Å². The Balaban J connectivity index is 0.920. The van der Waals surface area contributed by atoms with Gasteiger partial charge in [-0.2, -0.15) is 0 Å². The molecule has 10 heteroatoms. The molecule has 3 N–H and O–H groups in total. The van der Waals surface area contributed by atoms with Crippen LogP contribution in [0.3, 0.4) is 0 Å². The summed E-state index contributed by atoms with van der Waals surface area (Å²) in [5, 5.41) is 32.1. The second-order valence-electron chi connectivity index (χ2n) is 17.7. The Kier molecular flexibility index (Phi) is 6.31. The molecule has 10 saturated carbocycles. The molecule has 10 bridgehead atoms. The van der Waals surface area contributed by atoms with E-state index in [4.69, 9.17) is 18.9 Å². The summed E-state index contributed by atoms with van der Waals surface area (Å²) in [6.45, 7) is 0.451. The van der Waals surface area contributed by atoms with Gasteiger partial charge in [0.1, 0.15) is 12.7 Å². The van der Waals surface area contributed by atoms with Gasteiger partial charge in [0.25, 0.3) is 0 Å². The molecule has 1 aliphatic heterocycles. The molecule has 248 valence electrons. The lowest BCUT2D eigenvalue weighted by molar-refractivity contribution is -0.315. The second-order valence-corrected chi connectivity index (χ2v) is 17.7. The first-order chi connectivity index (χ1) is 21.4. The monoisotopic (exact) mass is 628 g/mol. The van der Waals surface area contributed by atoms with Gasteiger partial charge in [-0.05, 0) is 119 Å². The molecule has 45 heavy (non-hydrogen) atoms. The largest absolute Gasteiger partial charge is 0.481 e. The van der Waals surface area contributed by atoms with Crippen LogP contribution in [0.5, 0.6) is 0 Å². The molecule has 1 saturated heterocycles. The van der Waals surface area contributed by atoms with Crippen molar-refractivity contribution in [2.75, 3.05) is 19.8 Å². The molecule has 0 aromatic carbocycles. The molecule has 10 nitrogen and oxygen atoms in total. The van der Waals surface area contributed by atoms with Crippen LogP contribution in [0.2, 0.25) is 0 Å². The molecule has 11 fully saturated rings. The lowest BCUT2D eigenvalue weighted by Gasteiger charge is -2.59. The predicted octanol–water partition coefficient (Wildman–Crippen LogP) is 3.59. The Bertz CT molecular complexity index is 1260. The molecule has 11 aliphatic rings. The van der Waals surface area contributed by atoms with Crippen LogP contribution in [0.4, 0.5) is 0 Å². The van der Waals surface area contributed by atoms with Crippen LogP contribution in [-0.4, -0.2) is 76.1 Å². The van der Waals surface area contributed by atoms with E-state index in [1.54, 1.807) is 0 Å². The average molecular weight is 629 g/mol. The highest BCUT2D eigenvalue weighted by molar-refractivity contribution is 5.79. The summed E-state index contributed by atoms with van der Waals surface area (Å²) in [5.74, 6) is -1.42. The maximum Gasteiger partial charge on any atom is 0.312 e. The summed E-state index contributed by atoms with van der Waals surface area (Å²) < 4.78 is 25.3. The standard InChI is InChI=1S/C35H48O10/c36-28(37)26-4-25-3-23(26)13-35(25)43-14-24(15-44-35)27(45-30(39)32-7-21-2-22(8-32)12-34(41,11-21)18-32)16-42-29(38)31-5-19-1-20(6-31)10-33(40,9-19)17-31/h19-27,40-41H,1-18H2,(H,36,37). The Morgan fingerprint density at radius 1 is 0.711 bits per heavy atom. The van der Waals surface area contributed by atoms with E-state index in [-0.39, 0.29) is 55.4 Å². The van der Waals surface area contributed by atoms with Crippen molar-refractivity contribution >= 4 is 17.9 Å². The number of carbonyl (C=O) groups excluding carboxylic acids is 2. The van der Waals surface area contributed by atoms with Gasteiger partial charge in [-0.1, -0.05) is 0 Å². The third-order valence-corrected chi connectivity index (χ3v) is 14.4. The normalized spacial score (nSPS) is 54.0. The molecule has 11 rings (SSSR count). The van der Waals surface area contributed by atoms with Crippen LogP contribution in [-0.2, 0) is 33.3 Å². The van der Waals surface area contributed by atoms with E-state index in [9.17, 15) is 29.7 Å². The van der Waals surface area contributed by atoms with Crippen molar-refractivity contribution in [3.8, 4) is 0 Å². The first kappa shape index (κ1) is 29.4. The fourth-order valence-corrected chi connectivity index (χ4v) is 13.4. The Hall–Kier alpha value is -1.75. The van der Waals surface area contributed by atoms with Crippen LogP contribution < -0.4 is 0 Å². The first-order valence-corrected chi connectivity index (χ1v) is 17.7. The predicted molar refractivity (Wildman–Crippen MR) is 155 cm³/mol. The molecule has 0 radical (unpaired) electrons. The minimum Gasteiger partial charge on any atom is -0.481 e. The van der Waals surface area contributed by atoms with Crippen LogP contribution in [0.15, 0.2) is 0 Å². The number of hydrogen-bond acceptors (Lipinski definition) is 9. The molecule has 0 amide bonds. The van der Waals surface area contributed by atoms with Crippen molar-refractivity contribution in [1.82, 2.24) is 0 Å². The minimum atomic E-state index is -0.803. The average Bonchev–Trinajstić information content (AvgIpc) is 3.51. The number of carboxylic acid groups (broad SMARTS) is 1. The van der Waals surface area contributed by atoms with Crippen LogP contribution in [0, 0.1) is 58.2 Å². The zero-order valence-electron chi connectivity index (χ0n) is 26.1. The van der Waals surface area contributed by atoms with Crippen LogP contribution >= 0.6 is 0 Å². The number of ether oxygens (including phenoxy) is 4. The van der Waals surface area contributed by atoms with Crippen molar-refractivity contribution in [3.05, 3.63) is 0 Å². The second kappa shape index (κ2) is 9.66. The summed E-state index contributed by atoms with van der Waals surface area (Å²) in [4.78, 5) is 39.6. The SMILES string of the molecule is O=C(O)C1CC2CC1CC21OCC(C(COC(=O)C23CC4CC(CC(O)(C4)C2)C3)OC(=O)C23CC4CC(CC(O)(C4)C2)C3)CO1. The number of esters is 2. The van der Waals surface area contributed by atoms with Gasteiger partial charge in [0, 0.05) is 18.3 Å². The number of rotatable bonds is 7. The highest BCUT2D eigenvalue weighted by Gasteiger charge is 2.64. The van der Waals surface area contributed by atoms with Gasteiger partial charge in [-0.3, -0.25) is 14.4 Å². The van der Waals surface area contributed by atoms with E-state index in [1.807, 2.05) is 0 Å². The zero-order valence-corrected chi connectivity index (χ0v) is 26.1. The third kappa shape index (κ3) is 4.58. The van der Waals surface area contributed by atoms with Crippen molar-refractivity contribution in [3.63, 3.8) is 0 Å². The topological polar surface area (TPSA) is 149 Å². The molecule has 1 heterocycles. The van der Waals surface area contributed by atoms with Crippen molar-refractivity contribution in [2.45, 2.75) is 119 Å². The molecular weight excluding hydrogens is 580 g/mol. The summed E-state index contributed by atoms with van der Waals surface area (Å²) in [6.07, 6.45) is 10.1. The summed E-state index contributed by atoms with van der Waals surface area (Å²) >= 11 is 0. The quantitative estimate of drug-likeness (QED) is 0.357. The molecule has 1 spiro atoms. The van der Waals surface area contributed by atoms with Gasteiger partial charge in [0.2, 0.25) is 0 Å². The Morgan fingerprint density at radius 3 is 1.71 bits per heavy atom. The lowest BCUT2D eigenvalue weighted by Crippen LogP contribution is -2.60. The fraction of sp³-hybridized carbons (Fsp3) is 0.914. The molecule has 10 aliphatic carbocycles. The van der Waals surface area contributed by atoms with E-state index < -0.39 is 39.9 Å². The molecular formula is C35H48O10. The summed E-state index contributed by atoms with van der Waals surface area (Å²) in [6, 6.07) is 0. The summed E-state index contributed by atoms with van der Waals surface area (Å²) in [7, 11) is 0. The van der Waals surface area contributed by atoms with Gasteiger partial charge < -0.3 is 34.3 Å². The Labute approximate surface area is 263 Å². The van der Waals surface area contributed by atoms with E-state index in [2.05, 4.69) is 0 Å². The highest BCUT2D eigenvalue weighted by Crippen LogP contribution is 2.64. The number of hydrogen-bond donors (Lipinski definition) is 3. The molecule has 0 aromatic rings. The van der Waals surface area contributed by atoms with Crippen LogP contribution in [0.25, 0.3) is 0 Å². The minimum absolute atomic E-state index is 0.0260. The van der Waals surface area contributed by atoms with Gasteiger partial charge >= 0.3 is 17.9 Å². The fourth-order valence-electron chi connectivity index (χ4n) is 13.4. The van der Waals surface area contributed by atoms with Gasteiger partial charge in [0.05, 0.1) is 41.2 Å². The number of carbonyl (C=O) groups is 3. The van der Waals surface area contributed by atoms with E-state index in [0.717, 1.165) is 70.6 Å². The molecule has 0 aromatic heterocycles. The molecule has 8 unspecified atom stereocenters. The van der Waals surface area contributed by atoms with Crippen molar-refractivity contribution < 1.29 is 48.7 Å². The molecule has 8 atom stereocenters. The zero-order chi connectivity index (χ0) is 31.0. The van der Waals surface area contributed by atoms with Crippen molar-refractivity contribution in [1.29, 1.82) is 0 Å². The van der Waals surface area contributed by atoms with Crippen LogP contribution in [0.1, 0.15) is 96.3 Å². The van der Waals surface area contributed by atoms with E-state index in [0.29, 0.717) is 49.4 Å². The van der Waals surface area contributed by atoms with E-state index >= 15 is 0 Å². The van der Waals surface area contributed by atoms with E-state index in [1.165, 1.54) is 0 Å². The van der Waals surface area contributed by atoms with Crippen molar-refractivity contribution in [2.24, 2.45) is 58.2 Å². The maximum atomic E-state index is 14.1. The smallest absolute Gasteiger partial charge is 0.312 e. The van der Waals surface area contributed by atoms with Gasteiger partial charge in [-0.15, -0.1) is 0 Å². The lowest BCUT2D eigenvalue weighted by atomic mass is 9.48. The third-order valence-electron chi connectivity index (χ3n) is 14.4. The Morgan fingerprint density at radius 2 is 1.24 bits per heavy atom. The first-order valence-electron chi connectivity index (χ1n) is 17.7. The number of carboxylic acids is 1. The van der Waals surface area contributed by atoms with Gasteiger partial charge in [-0.25, -0.2) is 0 Å². The highest BCUT2D eigenvalue weighted by atomic mass is 16.7. The number of aliphatic hydroxyl groups is 2. The number of fused-ring (bicyclic) bond motifs is 3.